The van der Waals surface area contributed by atoms with Gasteiger partial charge in [-0.05, 0) is 35.9 Å². The van der Waals surface area contributed by atoms with Crippen LogP contribution in [0.25, 0.3) is 10.8 Å². The van der Waals surface area contributed by atoms with Crippen LogP contribution in [-0.4, -0.2) is 30.4 Å². The standard InChI is InChI=1S/C21H21N3O3/c1-14(23-18-9-5-6-10-20(18)27-2)21(26)24-22-13-17-16-8-4-3-7-15(16)11-12-19(17)25/h3-14,23,25H,1-2H3,(H,24,26)/b22-13-/t14-/m0/s1. The monoisotopic (exact) mass is 363 g/mol. The highest BCUT2D eigenvalue weighted by Gasteiger charge is 2.14. The SMILES string of the molecule is COc1ccccc1N[C@@H](C)C(=O)N/N=C\c1c(O)ccc2ccccc12. The van der Waals surface area contributed by atoms with Crippen molar-refractivity contribution in [3.05, 3.63) is 66.2 Å². The van der Waals surface area contributed by atoms with E-state index in [1.807, 2.05) is 54.6 Å². The lowest BCUT2D eigenvalue weighted by atomic mass is 10.0. The lowest BCUT2D eigenvalue weighted by Crippen LogP contribution is -2.35. The van der Waals surface area contributed by atoms with Crippen molar-refractivity contribution in [1.29, 1.82) is 0 Å². The number of nitrogens with zero attached hydrogens (tertiary/aromatic N) is 1. The molecular formula is C21H21N3O3. The normalized spacial score (nSPS) is 12.1. The molecule has 0 unspecified atom stereocenters. The van der Waals surface area contributed by atoms with Crippen molar-refractivity contribution in [2.75, 3.05) is 12.4 Å². The molecule has 0 aliphatic carbocycles. The molecule has 3 aromatic rings. The summed E-state index contributed by atoms with van der Waals surface area (Å²) in [6.45, 7) is 1.73. The Bertz CT molecular complexity index is 985. The third kappa shape index (κ3) is 4.17. The second-order valence-corrected chi connectivity index (χ2v) is 6.02. The minimum absolute atomic E-state index is 0.104. The van der Waals surface area contributed by atoms with Gasteiger partial charge in [-0.25, -0.2) is 5.43 Å². The molecule has 0 heterocycles. The van der Waals surface area contributed by atoms with E-state index in [1.165, 1.54) is 6.21 Å². The fourth-order valence-electron chi connectivity index (χ4n) is 2.74. The summed E-state index contributed by atoms with van der Waals surface area (Å²) in [5, 5.41) is 19.0. The minimum Gasteiger partial charge on any atom is -0.507 e. The van der Waals surface area contributed by atoms with Crippen molar-refractivity contribution in [2.45, 2.75) is 13.0 Å². The number of carbonyl (C=O) groups excluding carboxylic acids is 1. The number of fused-ring (bicyclic) bond motifs is 1. The Kier molecular flexibility index (Phi) is 5.56. The first kappa shape index (κ1) is 18.3. The zero-order valence-electron chi connectivity index (χ0n) is 15.1. The van der Waals surface area contributed by atoms with E-state index in [2.05, 4.69) is 15.8 Å². The van der Waals surface area contributed by atoms with Crippen LogP contribution in [0.5, 0.6) is 11.5 Å². The highest BCUT2D eigenvalue weighted by atomic mass is 16.5. The van der Waals surface area contributed by atoms with Gasteiger partial charge in [0, 0.05) is 5.56 Å². The Morgan fingerprint density at radius 3 is 2.67 bits per heavy atom. The van der Waals surface area contributed by atoms with Gasteiger partial charge >= 0.3 is 0 Å². The van der Waals surface area contributed by atoms with Crippen LogP contribution >= 0.6 is 0 Å². The van der Waals surface area contributed by atoms with Gasteiger partial charge in [-0.1, -0.05) is 42.5 Å². The van der Waals surface area contributed by atoms with Gasteiger partial charge in [-0.2, -0.15) is 5.10 Å². The van der Waals surface area contributed by atoms with Crippen LogP contribution in [0.15, 0.2) is 65.8 Å². The number of carbonyl (C=O) groups is 1. The number of ether oxygens (including phenoxy) is 1. The third-order valence-corrected chi connectivity index (χ3v) is 4.19. The van der Waals surface area contributed by atoms with Gasteiger partial charge < -0.3 is 15.2 Å². The maximum atomic E-state index is 12.3. The molecule has 3 aromatic carbocycles. The fraction of sp³-hybridized carbons (Fsp3) is 0.143. The lowest BCUT2D eigenvalue weighted by molar-refractivity contribution is -0.121. The van der Waals surface area contributed by atoms with E-state index >= 15 is 0 Å². The van der Waals surface area contributed by atoms with Gasteiger partial charge in [0.05, 0.1) is 19.0 Å². The molecule has 0 aromatic heterocycles. The second-order valence-electron chi connectivity index (χ2n) is 6.02. The van der Waals surface area contributed by atoms with Crippen molar-refractivity contribution >= 4 is 28.6 Å². The van der Waals surface area contributed by atoms with Gasteiger partial charge in [0.25, 0.3) is 5.91 Å². The Morgan fingerprint density at radius 2 is 1.85 bits per heavy atom. The third-order valence-electron chi connectivity index (χ3n) is 4.19. The number of methoxy groups -OCH3 is 1. The Morgan fingerprint density at radius 1 is 1.11 bits per heavy atom. The zero-order valence-corrected chi connectivity index (χ0v) is 15.1. The van der Waals surface area contributed by atoms with Gasteiger partial charge in [-0.15, -0.1) is 0 Å². The number of benzene rings is 3. The van der Waals surface area contributed by atoms with Crippen LogP contribution in [0.1, 0.15) is 12.5 Å². The average molecular weight is 363 g/mol. The molecule has 1 atom stereocenters. The summed E-state index contributed by atoms with van der Waals surface area (Å²) in [6.07, 6.45) is 1.45. The van der Waals surface area contributed by atoms with E-state index < -0.39 is 6.04 Å². The van der Waals surface area contributed by atoms with Crippen molar-refractivity contribution < 1.29 is 14.6 Å². The maximum Gasteiger partial charge on any atom is 0.262 e. The van der Waals surface area contributed by atoms with Crippen molar-refractivity contribution in [2.24, 2.45) is 5.10 Å². The predicted octanol–water partition coefficient (Wildman–Crippen LogP) is 3.50. The highest BCUT2D eigenvalue weighted by Crippen LogP contribution is 2.25. The second kappa shape index (κ2) is 8.23. The molecule has 6 nitrogen and oxygen atoms in total. The largest absolute Gasteiger partial charge is 0.507 e. The van der Waals surface area contributed by atoms with Crippen molar-refractivity contribution in [3.63, 3.8) is 0 Å². The fourth-order valence-corrected chi connectivity index (χ4v) is 2.74. The Balaban J connectivity index is 1.69. The quantitative estimate of drug-likeness (QED) is 0.462. The van der Waals surface area contributed by atoms with Crippen LogP contribution in [0.3, 0.4) is 0 Å². The Hall–Kier alpha value is -3.54. The number of para-hydroxylation sites is 2. The van der Waals surface area contributed by atoms with Gasteiger partial charge in [0.1, 0.15) is 17.5 Å². The van der Waals surface area contributed by atoms with Gasteiger partial charge in [0.2, 0.25) is 0 Å². The molecule has 0 fully saturated rings. The van der Waals surface area contributed by atoms with E-state index in [0.717, 1.165) is 16.5 Å². The zero-order chi connectivity index (χ0) is 19.2. The summed E-state index contributed by atoms with van der Waals surface area (Å²) < 4.78 is 5.27. The number of phenols is 1. The molecule has 3 rings (SSSR count). The molecule has 6 heteroatoms. The number of rotatable bonds is 6. The van der Waals surface area contributed by atoms with Crippen molar-refractivity contribution in [3.8, 4) is 11.5 Å². The molecule has 0 spiro atoms. The van der Waals surface area contributed by atoms with Crippen LogP contribution in [0.4, 0.5) is 5.69 Å². The van der Waals surface area contributed by atoms with Crippen molar-refractivity contribution in [1.82, 2.24) is 5.43 Å². The first-order valence-corrected chi connectivity index (χ1v) is 8.53. The number of hydrogen-bond acceptors (Lipinski definition) is 5. The number of amides is 1. The molecule has 0 saturated heterocycles. The van der Waals surface area contributed by atoms with E-state index in [0.29, 0.717) is 11.3 Å². The molecule has 27 heavy (non-hydrogen) atoms. The molecule has 0 radical (unpaired) electrons. The predicted molar refractivity (Wildman–Crippen MR) is 107 cm³/mol. The number of aromatic hydroxyl groups is 1. The van der Waals surface area contributed by atoms with E-state index in [-0.39, 0.29) is 11.7 Å². The summed E-state index contributed by atoms with van der Waals surface area (Å²) in [5.74, 6) is 0.449. The van der Waals surface area contributed by atoms with Crippen LogP contribution in [0.2, 0.25) is 0 Å². The molecule has 138 valence electrons. The van der Waals surface area contributed by atoms with E-state index in [1.54, 1.807) is 20.1 Å². The molecule has 0 aliphatic heterocycles. The summed E-state index contributed by atoms with van der Waals surface area (Å²) >= 11 is 0. The molecule has 0 bridgehead atoms. The van der Waals surface area contributed by atoms with Crippen LogP contribution in [0, 0.1) is 0 Å². The first-order valence-electron chi connectivity index (χ1n) is 8.53. The molecule has 3 N–H and O–H groups in total. The van der Waals surface area contributed by atoms with Crippen LogP contribution < -0.4 is 15.5 Å². The summed E-state index contributed by atoms with van der Waals surface area (Å²) in [5.41, 5.74) is 3.77. The topological polar surface area (TPSA) is 83.0 Å². The van der Waals surface area contributed by atoms with Gasteiger partial charge in [0.15, 0.2) is 0 Å². The minimum atomic E-state index is -0.528. The number of anilines is 1. The van der Waals surface area contributed by atoms with E-state index in [9.17, 15) is 9.90 Å². The van der Waals surface area contributed by atoms with E-state index in [4.69, 9.17) is 4.74 Å². The summed E-state index contributed by atoms with van der Waals surface area (Å²) in [4.78, 5) is 12.3. The summed E-state index contributed by atoms with van der Waals surface area (Å²) in [6, 6.07) is 17.9. The van der Waals surface area contributed by atoms with Gasteiger partial charge in [-0.3, -0.25) is 4.79 Å². The smallest absolute Gasteiger partial charge is 0.262 e. The molecule has 0 saturated carbocycles. The average Bonchev–Trinajstić information content (AvgIpc) is 2.69. The maximum absolute atomic E-state index is 12.3. The summed E-state index contributed by atoms with van der Waals surface area (Å²) in [7, 11) is 1.58. The van der Waals surface area contributed by atoms with Crippen LogP contribution in [-0.2, 0) is 4.79 Å². The number of nitrogens with one attached hydrogen (secondary N) is 2. The molecule has 0 aliphatic rings. The molecular weight excluding hydrogens is 342 g/mol. The number of hydrazone groups is 1. The molecule has 1 amide bonds. The lowest BCUT2D eigenvalue weighted by Gasteiger charge is -2.15. The Labute approximate surface area is 157 Å². The highest BCUT2D eigenvalue weighted by molar-refractivity contribution is 6.02. The first-order chi connectivity index (χ1) is 13.1. The number of phenolic OH excluding ortho intramolecular Hbond substituents is 1. The number of hydrogen-bond donors (Lipinski definition) is 3.